The second-order valence-electron chi connectivity index (χ2n) is 3.13. The monoisotopic (exact) mass is 203 g/mol. The van der Waals surface area contributed by atoms with E-state index in [1.165, 1.54) is 6.08 Å². The summed E-state index contributed by atoms with van der Waals surface area (Å²) in [5.74, 6) is -0.964. The van der Waals surface area contributed by atoms with Gasteiger partial charge in [0.2, 0.25) is 0 Å². The van der Waals surface area contributed by atoms with Crippen molar-refractivity contribution < 1.29 is 9.90 Å². The lowest BCUT2D eigenvalue weighted by molar-refractivity contribution is -0.131. The maximum Gasteiger partial charge on any atom is 0.328 e. The molecule has 0 atom stereocenters. The van der Waals surface area contributed by atoms with Gasteiger partial charge < -0.3 is 5.11 Å². The van der Waals surface area contributed by atoms with Crippen LogP contribution in [0.3, 0.4) is 0 Å². The zero-order valence-corrected chi connectivity index (χ0v) is 8.08. The Balaban J connectivity index is 2.43. The number of hydrogen-bond donors (Lipinski definition) is 1. The Kier molecular flexibility index (Phi) is 2.21. The summed E-state index contributed by atoms with van der Waals surface area (Å²) in [4.78, 5) is 10.3. The predicted molar refractivity (Wildman–Crippen MR) is 55.2 cm³/mol. The van der Waals surface area contributed by atoms with Crippen LogP contribution >= 0.6 is 0 Å². The quantitative estimate of drug-likeness (QED) is 0.741. The van der Waals surface area contributed by atoms with E-state index in [0.29, 0.717) is 0 Å². The maximum absolute atomic E-state index is 10.3. The van der Waals surface area contributed by atoms with Crippen LogP contribution in [0.15, 0.2) is 24.3 Å². The van der Waals surface area contributed by atoms with Gasteiger partial charge in [-0.05, 0) is 23.8 Å². The largest absolute Gasteiger partial charge is 0.478 e. The molecular formula is C10H9N3O2. The van der Waals surface area contributed by atoms with Crippen LogP contribution in [0.25, 0.3) is 17.1 Å². The minimum atomic E-state index is -0.964. The van der Waals surface area contributed by atoms with Gasteiger partial charge in [0.25, 0.3) is 0 Å². The number of aryl methyl sites for hydroxylation is 1. The molecule has 5 heteroatoms. The molecule has 2 aromatic rings. The van der Waals surface area contributed by atoms with Crippen molar-refractivity contribution in [2.75, 3.05) is 0 Å². The highest BCUT2D eigenvalue weighted by Crippen LogP contribution is 2.13. The molecule has 0 aliphatic carbocycles. The minimum absolute atomic E-state index is 0.755. The standard InChI is InChI=1S/C10H9N3O2/c1-13-9-4-2-7(3-5-10(14)15)6-8(9)11-12-13/h2-6H,1H3,(H,14,15)/b5-3+. The molecule has 0 aliphatic rings. The number of fused-ring (bicyclic) bond motifs is 1. The lowest BCUT2D eigenvalue weighted by Crippen LogP contribution is -1.89. The Morgan fingerprint density at radius 3 is 3.07 bits per heavy atom. The normalized spacial score (nSPS) is 11.3. The molecular weight excluding hydrogens is 194 g/mol. The van der Waals surface area contributed by atoms with Crippen molar-refractivity contribution in [3.05, 3.63) is 29.8 Å². The Morgan fingerprint density at radius 2 is 2.33 bits per heavy atom. The van der Waals surface area contributed by atoms with Crippen molar-refractivity contribution in [1.29, 1.82) is 0 Å². The van der Waals surface area contributed by atoms with Gasteiger partial charge in [-0.2, -0.15) is 0 Å². The van der Waals surface area contributed by atoms with E-state index in [4.69, 9.17) is 5.11 Å². The molecule has 0 bridgehead atoms. The Hall–Kier alpha value is -2.17. The summed E-state index contributed by atoms with van der Waals surface area (Å²) >= 11 is 0. The van der Waals surface area contributed by atoms with Gasteiger partial charge in [0, 0.05) is 13.1 Å². The number of hydrogen-bond acceptors (Lipinski definition) is 3. The molecule has 0 unspecified atom stereocenters. The van der Waals surface area contributed by atoms with Crippen LogP contribution in [0.4, 0.5) is 0 Å². The van der Waals surface area contributed by atoms with Crippen molar-refractivity contribution >= 4 is 23.1 Å². The number of carboxylic acid groups (broad SMARTS) is 1. The van der Waals surface area contributed by atoms with E-state index in [1.54, 1.807) is 10.7 Å². The molecule has 2 rings (SSSR count). The average molecular weight is 203 g/mol. The smallest absolute Gasteiger partial charge is 0.328 e. The fourth-order valence-corrected chi connectivity index (χ4v) is 1.33. The highest BCUT2D eigenvalue weighted by atomic mass is 16.4. The first-order chi connectivity index (χ1) is 7.16. The van der Waals surface area contributed by atoms with E-state index in [0.717, 1.165) is 22.7 Å². The summed E-state index contributed by atoms with van der Waals surface area (Å²) in [7, 11) is 1.81. The van der Waals surface area contributed by atoms with E-state index in [1.807, 2.05) is 19.2 Å². The van der Waals surface area contributed by atoms with Crippen molar-refractivity contribution in [3.8, 4) is 0 Å². The predicted octanol–water partition coefficient (Wildman–Crippen LogP) is 1.07. The highest BCUT2D eigenvalue weighted by Gasteiger charge is 2.00. The molecule has 76 valence electrons. The van der Waals surface area contributed by atoms with Gasteiger partial charge in [0.05, 0.1) is 5.52 Å². The van der Waals surface area contributed by atoms with Crippen LogP contribution in [0.2, 0.25) is 0 Å². The summed E-state index contributed by atoms with van der Waals surface area (Å²) < 4.78 is 1.67. The lowest BCUT2D eigenvalue weighted by atomic mass is 10.2. The average Bonchev–Trinajstić information content (AvgIpc) is 2.57. The van der Waals surface area contributed by atoms with Gasteiger partial charge in [-0.1, -0.05) is 11.3 Å². The van der Waals surface area contributed by atoms with Crippen molar-refractivity contribution in [2.45, 2.75) is 0 Å². The molecule has 15 heavy (non-hydrogen) atoms. The maximum atomic E-state index is 10.3. The summed E-state index contributed by atoms with van der Waals surface area (Å²) in [6.45, 7) is 0. The minimum Gasteiger partial charge on any atom is -0.478 e. The zero-order chi connectivity index (χ0) is 10.8. The van der Waals surface area contributed by atoms with E-state index in [9.17, 15) is 4.79 Å². The molecule has 0 fully saturated rings. The van der Waals surface area contributed by atoms with Gasteiger partial charge in [0.15, 0.2) is 0 Å². The lowest BCUT2D eigenvalue weighted by Gasteiger charge is -1.93. The van der Waals surface area contributed by atoms with Crippen LogP contribution in [0.1, 0.15) is 5.56 Å². The molecule has 0 spiro atoms. The molecule has 0 saturated carbocycles. The van der Waals surface area contributed by atoms with E-state index in [2.05, 4.69) is 10.3 Å². The van der Waals surface area contributed by atoms with Gasteiger partial charge in [0.1, 0.15) is 5.52 Å². The number of aromatic nitrogens is 3. The molecule has 0 amide bonds. The SMILES string of the molecule is Cn1nnc2cc(/C=C/C(=O)O)ccc21. The van der Waals surface area contributed by atoms with Crippen LogP contribution in [0, 0.1) is 0 Å². The second kappa shape index (κ2) is 3.53. The molecule has 0 aliphatic heterocycles. The topological polar surface area (TPSA) is 68.0 Å². The number of aliphatic carboxylic acids is 1. The number of carboxylic acids is 1. The Bertz CT molecular complexity index is 543. The van der Waals surface area contributed by atoms with Gasteiger partial charge in [-0.15, -0.1) is 5.10 Å². The Morgan fingerprint density at radius 1 is 1.53 bits per heavy atom. The van der Waals surface area contributed by atoms with Crippen LogP contribution < -0.4 is 0 Å². The fraction of sp³-hybridized carbons (Fsp3) is 0.100. The van der Waals surface area contributed by atoms with Crippen molar-refractivity contribution in [1.82, 2.24) is 15.0 Å². The third kappa shape index (κ3) is 1.85. The van der Waals surface area contributed by atoms with Gasteiger partial charge in [-0.25, -0.2) is 9.48 Å². The summed E-state index contributed by atoms with van der Waals surface area (Å²) in [5.41, 5.74) is 2.47. The zero-order valence-electron chi connectivity index (χ0n) is 8.08. The van der Waals surface area contributed by atoms with Crippen molar-refractivity contribution in [3.63, 3.8) is 0 Å². The highest BCUT2D eigenvalue weighted by molar-refractivity contribution is 5.86. The summed E-state index contributed by atoms with van der Waals surface area (Å²) in [6.07, 6.45) is 2.62. The summed E-state index contributed by atoms with van der Waals surface area (Å²) in [5, 5.41) is 16.3. The van der Waals surface area contributed by atoms with Crippen LogP contribution in [-0.4, -0.2) is 26.1 Å². The molecule has 1 aromatic heterocycles. The van der Waals surface area contributed by atoms with Crippen molar-refractivity contribution in [2.24, 2.45) is 7.05 Å². The molecule has 0 saturated heterocycles. The summed E-state index contributed by atoms with van der Waals surface area (Å²) in [6, 6.07) is 5.48. The molecule has 1 heterocycles. The van der Waals surface area contributed by atoms with E-state index in [-0.39, 0.29) is 0 Å². The van der Waals surface area contributed by atoms with Crippen LogP contribution in [-0.2, 0) is 11.8 Å². The van der Waals surface area contributed by atoms with Gasteiger partial charge in [-0.3, -0.25) is 0 Å². The first-order valence-corrected chi connectivity index (χ1v) is 4.37. The second-order valence-corrected chi connectivity index (χ2v) is 3.13. The van der Waals surface area contributed by atoms with Gasteiger partial charge >= 0.3 is 5.97 Å². The number of rotatable bonds is 2. The Labute approximate surface area is 85.6 Å². The number of nitrogens with zero attached hydrogens (tertiary/aromatic N) is 3. The first kappa shape index (κ1) is 9.39. The molecule has 1 N–H and O–H groups in total. The number of benzene rings is 1. The third-order valence-electron chi connectivity index (χ3n) is 2.05. The molecule has 5 nitrogen and oxygen atoms in total. The first-order valence-electron chi connectivity index (χ1n) is 4.37. The van der Waals surface area contributed by atoms with Crippen LogP contribution in [0.5, 0.6) is 0 Å². The van der Waals surface area contributed by atoms with E-state index < -0.39 is 5.97 Å². The van der Waals surface area contributed by atoms with E-state index >= 15 is 0 Å². The third-order valence-corrected chi connectivity index (χ3v) is 2.05. The molecule has 0 radical (unpaired) electrons. The fourth-order valence-electron chi connectivity index (χ4n) is 1.33. The number of carbonyl (C=O) groups is 1. The molecule has 1 aromatic carbocycles.